The second-order valence-corrected chi connectivity index (χ2v) is 3.30. The van der Waals surface area contributed by atoms with Crippen LogP contribution in [0.1, 0.15) is 12.5 Å². The van der Waals surface area contributed by atoms with Gasteiger partial charge in [0.05, 0.1) is 11.3 Å². The highest BCUT2D eigenvalue weighted by atomic mass is 19.4. The lowest BCUT2D eigenvalue weighted by molar-refractivity contribution is -0.137. The van der Waals surface area contributed by atoms with Gasteiger partial charge in [-0.2, -0.15) is 22.9 Å². The van der Waals surface area contributed by atoms with E-state index in [0.29, 0.717) is 12.1 Å². The molecule has 1 rings (SSSR count). The predicted molar refractivity (Wildman–Crippen MR) is 53.5 cm³/mol. The Kier molecular flexibility index (Phi) is 3.79. The Labute approximate surface area is 99.4 Å². The number of ether oxygens (including phenoxy) is 1. The Morgan fingerprint density at radius 1 is 1.56 bits per heavy atom. The quantitative estimate of drug-likeness (QED) is 0.624. The zero-order valence-corrected chi connectivity index (χ0v) is 9.23. The first-order valence-electron chi connectivity index (χ1n) is 4.61. The molecule has 1 aromatic heterocycles. The molecule has 98 valence electrons. The largest absolute Gasteiger partial charge is 0.440 e. The van der Waals surface area contributed by atoms with Crippen LogP contribution in [0.3, 0.4) is 0 Å². The van der Waals surface area contributed by atoms with Gasteiger partial charge in [0.15, 0.2) is 5.49 Å². The third-order valence-electron chi connectivity index (χ3n) is 1.71. The summed E-state index contributed by atoms with van der Waals surface area (Å²) in [6.07, 6.45) is -5.06. The average molecular weight is 262 g/mol. The summed E-state index contributed by atoms with van der Waals surface area (Å²) >= 11 is 0. The third kappa shape index (κ3) is 3.65. The molecule has 0 spiro atoms. The van der Waals surface area contributed by atoms with Crippen LogP contribution >= 0.6 is 0 Å². The molecule has 0 saturated heterocycles. The molecule has 0 aliphatic carbocycles. The Morgan fingerprint density at radius 3 is 2.67 bits per heavy atom. The first kappa shape index (κ1) is 13.8. The van der Waals surface area contributed by atoms with Crippen LogP contribution in [-0.2, 0) is 10.9 Å². The normalized spacial score (nSPS) is 12.3. The van der Waals surface area contributed by atoms with E-state index in [2.05, 4.69) is 16.3 Å². The molecule has 1 amide bonds. The van der Waals surface area contributed by atoms with Gasteiger partial charge in [-0.05, 0) is 19.1 Å². The third-order valence-corrected chi connectivity index (χ3v) is 1.71. The Morgan fingerprint density at radius 2 is 2.17 bits per heavy atom. The molecule has 0 aromatic carbocycles. The lowest BCUT2D eigenvalue weighted by Crippen LogP contribution is -2.22. The number of nitrogens with zero attached hydrogens (tertiary/aromatic N) is 2. The molecule has 1 N–H and O–H groups in total. The van der Waals surface area contributed by atoms with Crippen molar-refractivity contribution in [3.8, 4) is 0 Å². The number of hydrogen-bond donors (Lipinski definition) is 1. The van der Waals surface area contributed by atoms with Crippen molar-refractivity contribution in [2.24, 2.45) is 4.99 Å². The Hall–Kier alpha value is -2.25. The molecule has 0 bridgehead atoms. The number of pyridine rings is 1. The van der Waals surface area contributed by atoms with Crippen molar-refractivity contribution < 1.29 is 27.9 Å². The standard InChI is InChI=1S/C10H9F3N2O3/c1-6(2)18-9(16)14-8-5-7(10(11,12)13)3-4-15(8)17/h3-5,17H,1H2,2H3. The minimum absolute atomic E-state index is 0.0280. The van der Waals surface area contributed by atoms with E-state index in [-0.39, 0.29) is 10.5 Å². The van der Waals surface area contributed by atoms with E-state index in [9.17, 15) is 23.2 Å². The second-order valence-electron chi connectivity index (χ2n) is 3.30. The van der Waals surface area contributed by atoms with Gasteiger partial charge in [0, 0.05) is 6.20 Å². The van der Waals surface area contributed by atoms with Crippen LogP contribution < -0.4 is 5.49 Å². The SMILES string of the molecule is C=C(C)OC(=O)N=c1cc(C(F)(F)F)ccn1O. The van der Waals surface area contributed by atoms with Gasteiger partial charge in [0.2, 0.25) is 0 Å². The van der Waals surface area contributed by atoms with Crippen molar-refractivity contribution >= 4 is 6.09 Å². The molecule has 1 aromatic rings. The second kappa shape index (κ2) is 4.94. The number of aromatic nitrogens is 1. The van der Waals surface area contributed by atoms with Crippen LogP contribution in [0.2, 0.25) is 0 Å². The molecule has 18 heavy (non-hydrogen) atoms. The monoisotopic (exact) mass is 262 g/mol. The fourth-order valence-corrected chi connectivity index (χ4v) is 1.01. The van der Waals surface area contributed by atoms with E-state index in [1.54, 1.807) is 0 Å². The number of amides is 1. The number of alkyl halides is 3. The topological polar surface area (TPSA) is 63.8 Å². The predicted octanol–water partition coefficient (Wildman–Crippen LogP) is 2.32. The molecule has 5 nitrogen and oxygen atoms in total. The van der Waals surface area contributed by atoms with Crippen molar-refractivity contribution in [3.63, 3.8) is 0 Å². The summed E-state index contributed by atoms with van der Waals surface area (Å²) < 4.78 is 41.9. The molecular formula is C10H9F3N2O3. The summed E-state index contributed by atoms with van der Waals surface area (Å²) in [7, 11) is 0. The molecule has 0 aliphatic heterocycles. The van der Waals surface area contributed by atoms with Crippen LogP contribution in [0.25, 0.3) is 0 Å². The molecule has 0 fully saturated rings. The lowest BCUT2D eigenvalue weighted by Gasteiger charge is -2.07. The van der Waals surface area contributed by atoms with Gasteiger partial charge in [-0.25, -0.2) is 4.79 Å². The lowest BCUT2D eigenvalue weighted by atomic mass is 10.2. The van der Waals surface area contributed by atoms with Crippen molar-refractivity contribution in [1.82, 2.24) is 4.73 Å². The average Bonchev–Trinajstić information content (AvgIpc) is 2.18. The van der Waals surface area contributed by atoms with Crippen LogP contribution in [0.5, 0.6) is 0 Å². The summed E-state index contributed by atoms with van der Waals surface area (Å²) in [4.78, 5) is 14.2. The van der Waals surface area contributed by atoms with Gasteiger partial charge in [-0.15, -0.1) is 0 Å². The zero-order chi connectivity index (χ0) is 13.9. The summed E-state index contributed by atoms with van der Waals surface area (Å²) in [5, 5.41) is 9.21. The van der Waals surface area contributed by atoms with E-state index in [0.717, 1.165) is 6.20 Å². The molecule has 0 atom stereocenters. The van der Waals surface area contributed by atoms with Gasteiger partial charge < -0.3 is 9.94 Å². The van der Waals surface area contributed by atoms with Gasteiger partial charge >= 0.3 is 12.3 Å². The smallest absolute Gasteiger partial charge is 0.427 e. The van der Waals surface area contributed by atoms with Crippen LogP contribution in [0.4, 0.5) is 18.0 Å². The molecular weight excluding hydrogens is 253 g/mol. The highest BCUT2D eigenvalue weighted by Crippen LogP contribution is 2.27. The van der Waals surface area contributed by atoms with E-state index < -0.39 is 23.3 Å². The molecule has 8 heteroatoms. The number of hydrogen-bond acceptors (Lipinski definition) is 3. The summed E-state index contributed by atoms with van der Waals surface area (Å²) in [6.45, 7) is 4.63. The minimum atomic E-state index is -4.60. The first-order valence-corrected chi connectivity index (χ1v) is 4.61. The molecule has 0 unspecified atom stereocenters. The first-order chi connectivity index (χ1) is 8.20. The minimum Gasteiger partial charge on any atom is -0.427 e. The molecule has 1 heterocycles. The zero-order valence-electron chi connectivity index (χ0n) is 9.23. The number of carbonyl (C=O) groups is 1. The van der Waals surface area contributed by atoms with Crippen molar-refractivity contribution in [2.75, 3.05) is 0 Å². The number of carbonyl (C=O) groups excluding carboxylic acids is 1. The van der Waals surface area contributed by atoms with E-state index >= 15 is 0 Å². The van der Waals surface area contributed by atoms with E-state index in [1.165, 1.54) is 6.92 Å². The van der Waals surface area contributed by atoms with E-state index in [1.807, 2.05) is 0 Å². The number of rotatable bonds is 1. The number of halogens is 3. The molecule has 0 radical (unpaired) electrons. The van der Waals surface area contributed by atoms with E-state index in [4.69, 9.17) is 0 Å². The fraction of sp³-hybridized carbons (Fsp3) is 0.200. The molecule has 0 aliphatic rings. The highest BCUT2D eigenvalue weighted by Gasteiger charge is 2.30. The fourth-order valence-electron chi connectivity index (χ4n) is 1.01. The van der Waals surface area contributed by atoms with Gasteiger partial charge in [0.1, 0.15) is 0 Å². The van der Waals surface area contributed by atoms with Gasteiger partial charge in [-0.1, -0.05) is 6.58 Å². The number of allylic oxidation sites excluding steroid dienone is 1. The van der Waals surface area contributed by atoms with Crippen molar-refractivity contribution in [2.45, 2.75) is 13.1 Å². The highest BCUT2D eigenvalue weighted by molar-refractivity contribution is 5.69. The molecule has 0 saturated carbocycles. The summed E-state index contributed by atoms with van der Waals surface area (Å²) in [6, 6.07) is 1.16. The van der Waals surface area contributed by atoms with Gasteiger partial charge in [0.25, 0.3) is 0 Å². The van der Waals surface area contributed by atoms with Gasteiger partial charge in [-0.3, -0.25) is 0 Å². The van der Waals surface area contributed by atoms with Crippen molar-refractivity contribution in [1.29, 1.82) is 0 Å². The Balaban J connectivity index is 3.20. The maximum atomic E-state index is 12.4. The van der Waals surface area contributed by atoms with Crippen LogP contribution in [0.15, 0.2) is 35.7 Å². The van der Waals surface area contributed by atoms with Crippen LogP contribution in [0, 0.1) is 0 Å². The Bertz CT molecular complexity index is 546. The maximum Gasteiger partial charge on any atom is 0.440 e. The summed E-state index contributed by atoms with van der Waals surface area (Å²) in [5.41, 5.74) is -1.65. The maximum absolute atomic E-state index is 12.4. The van der Waals surface area contributed by atoms with Crippen LogP contribution in [-0.4, -0.2) is 16.0 Å². The summed E-state index contributed by atoms with van der Waals surface area (Å²) in [5.74, 6) is 0.0280. The van der Waals surface area contributed by atoms with Crippen molar-refractivity contribution in [3.05, 3.63) is 41.7 Å².